The molecule has 2 rings (SSSR count). The molecule has 106 valence electrons. The molecule has 0 radical (unpaired) electrons. The van der Waals surface area contributed by atoms with E-state index in [1.54, 1.807) is 19.9 Å². The van der Waals surface area contributed by atoms with Crippen LogP contribution in [0, 0.1) is 6.92 Å². The van der Waals surface area contributed by atoms with Gasteiger partial charge in [0.2, 0.25) is 11.8 Å². The number of hydrogen-bond donors (Lipinski definition) is 1. The summed E-state index contributed by atoms with van der Waals surface area (Å²) in [6.45, 7) is 3.37. The maximum atomic E-state index is 12.5. The van der Waals surface area contributed by atoms with Gasteiger partial charge in [0, 0.05) is 11.9 Å². The number of hydrogen-bond acceptors (Lipinski definition) is 4. The van der Waals surface area contributed by atoms with Crippen LogP contribution >= 0.6 is 11.6 Å². The number of carbonyl (C=O) groups excluding carboxylic acids is 3. The fourth-order valence-electron chi connectivity index (χ4n) is 2.12. The second-order valence-electron chi connectivity index (χ2n) is 4.58. The smallest absolute Gasteiger partial charge is 0.258 e. The molecule has 7 heteroatoms. The van der Waals surface area contributed by atoms with Gasteiger partial charge in [0.25, 0.3) is 5.91 Å². The van der Waals surface area contributed by atoms with Crippen LogP contribution in [0.2, 0.25) is 5.02 Å². The van der Waals surface area contributed by atoms with Crippen molar-refractivity contribution in [2.24, 2.45) is 0 Å². The molecule has 1 N–H and O–H groups in total. The van der Waals surface area contributed by atoms with Crippen molar-refractivity contribution in [1.82, 2.24) is 15.2 Å². The molecule has 1 aliphatic rings. The third-order valence-corrected chi connectivity index (χ3v) is 3.44. The van der Waals surface area contributed by atoms with E-state index in [0.29, 0.717) is 12.1 Å². The molecule has 0 aromatic carbocycles. The molecule has 1 aromatic rings. The Labute approximate surface area is 121 Å². The Morgan fingerprint density at radius 1 is 1.55 bits per heavy atom. The number of aryl methyl sites for hydroxylation is 1. The zero-order valence-corrected chi connectivity index (χ0v) is 11.9. The van der Waals surface area contributed by atoms with Gasteiger partial charge in [-0.1, -0.05) is 18.5 Å². The number of piperazine rings is 1. The van der Waals surface area contributed by atoms with Gasteiger partial charge >= 0.3 is 0 Å². The summed E-state index contributed by atoms with van der Waals surface area (Å²) in [4.78, 5) is 40.9. The minimum absolute atomic E-state index is 0.159. The van der Waals surface area contributed by atoms with E-state index < -0.39 is 23.8 Å². The lowest BCUT2D eigenvalue weighted by Gasteiger charge is -2.33. The first-order valence-electron chi connectivity index (χ1n) is 6.20. The molecule has 20 heavy (non-hydrogen) atoms. The number of amides is 3. The summed E-state index contributed by atoms with van der Waals surface area (Å²) in [6.07, 6.45) is 1.78. The average Bonchev–Trinajstić information content (AvgIpc) is 2.37. The zero-order chi connectivity index (χ0) is 14.9. The summed E-state index contributed by atoms with van der Waals surface area (Å²) in [6, 6.07) is 0.902. The van der Waals surface area contributed by atoms with E-state index in [9.17, 15) is 14.4 Å². The second kappa shape index (κ2) is 5.58. The minimum Gasteiger partial charge on any atom is -0.317 e. The largest absolute Gasteiger partial charge is 0.317 e. The Hall–Kier alpha value is -1.95. The number of nitrogens with zero attached hydrogens (tertiary/aromatic N) is 2. The van der Waals surface area contributed by atoms with Crippen molar-refractivity contribution in [2.75, 3.05) is 6.54 Å². The quantitative estimate of drug-likeness (QED) is 0.823. The monoisotopic (exact) mass is 295 g/mol. The topological polar surface area (TPSA) is 79.4 Å². The Balaban J connectivity index is 2.34. The molecule has 1 fully saturated rings. The average molecular weight is 296 g/mol. The van der Waals surface area contributed by atoms with Gasteiger partial charge in [-0.3, -0.25) is 24.7 Å². The lowest BCUT2D eigenvalue weighted by atomic mass is 10.1. The van der Waals surface area contributed by atoms with Gasteiger partial charge in [-0.25, -0.2) is 0 Å². The highest BCUT2D eigenvalue weighted by Gasteiger charge is 2.36. The van der Waals surface area contributed by atoms with Crippen LogP contribution in [-0.4, -0.2) is 40.2 Å². The zero-order valence-electron chi connectivity index (χ0n) is 11.1. The third-order valence-electron chi connectivity index (χ3n) is 3.12. The standard InChI is InChI=1S/C13H14ClN3O3/c1-3-10-12(19)16-11(18)6-17(10)13(20)8-5-15-7(2)4-9(8)14/h4-5,10H,3,6H2,1-2H3,(H,16,18,19). The minimum atomic E-state index is -0.669. The van der Waals surface area contributed by atoms with Crippen LogP contribution in [0.4, 0.5) is 0 Å². The molecule has 1 aliphatic heterocycles. The van der Waals surface area contributed by atoms with E-state index in [1.165, 1.54) is 11.1 Å². The number of aromatic nitrogens is 1. The number of nitrogens with one attached hydrogen (secondary N) is 1. The van der Waals surface area contributed by atoms with Crippen molar-refractivity contribution in [3.63, 3.8) is 0 Å². The van der Waals surface area contributed by atoms with Crippen LogP contribution < -0.4 is 5.32 Å². The van der Waals surface area contributed by atoms with Gasteiger partial charge in [-0.05, 0) is 19.4 Å². The van der Waals surface area contributed by atoms with E-state index in [2.05, 4.69) is 10.3 Å². The van der Waals surface area contributed by atoms with Crippen molar-refractivity contribution in [1.29, 1.82) is 0 Å². The molecule has 1 saturated heterocycles. The molecule has 1 atom stereocenters. The fourth-order valence-corrected chi connectivity index (χ4v) is 2.41. The SMILES string of the molecule is CCC1C(=O)NC(=O)CN1C(=O)c1cnc(C)cc1Cl. The molecule has 6 nitrogen and oxygen atoms in total. The Morgan fingerprint density at radius 2 is 2.25 bits per heavy atom. The van der Waals surface area contributed by atoms with Crippen molar-refractivity contribution in [3.05, 3.63) is 28.5 Å². The predicted molar refractivity (Wildman–Crippen MR) is 72.2 cm³/mol. The molecule has 1 aromatic heterocycles. The van der Waals surface area contributed by atoms with E-state index in [-0.39, 0.29) is 17.1 Å². The van der Waals surface area contributed by atoms with Gasteiger partial charge < -0.3 is 4.90 Å². The predicted octanol–water partition coefficient (Wildman–Crippen LogP) is 0.921. The van der Waals surface area contributed by atoms with Gasteiger partial charge in [-0.15, -0.1) is 0 Å². The maximum absolute atomic E-state index is 12.5. The maximum Gasteiger partial charge on any atom is 0.258 e. The van der Waals surface area contributed by atoms with Crippen molar-refractivity contribution < 1.29 is 14.4 Å². The first-order chi connectivity index (χ1) is 9.43. The molecule has 0 spiro atoms. The van der Waals surface area contributed by atoms with Crippen molar-refractivity contribution in [3.8, 4) is 0 Å². The molecule has 2 heterocycles. The molecule has 1 unspecified atom stereocenters. The summed E-state index contributed by atoms with van der Waals surface area (Å²) in [7, 11) is 0. The molecule has 0 aliphatic carbocycles. The summed E-state index contributed by atoms with van der Waals surface area (Å²) in [5, 5.41) is 2.48. The van der Waals surface area contributed by atoms with E-state index in [4.69, 9.17) is 11.6 Å². The lowest BCUT2D eigenvalue weighted by Crippen LogP contribution is -2.59. The van der Waals surface area contributed by atoms with Crippen LogP contribution in [0.5, 0.6) is 0 Å². The van der Waals surface area contributed by atoms with Gasteiger partial charge in [0.1, 0.15) is 12.6 Å². The highest BCUT2D eigenvalue weighted by atomic mass is 35.5. The van der Waals surface area contributed by atoms with Crippen molar-refractivity contribution in [2.45, 2.75) is 26.3 Å². The van der Waals surface area contributed by atoms with Crippen LogP contribution in [0.1, 0.15) is 29.4 Å². The molecule has 0 bridgehead atoms. The van der Waals surface area contributed by atoms with Crippen molar-refractivity contribution >= 4 is 29.3 Å². The summed E-state index contributed by atoms with van der Waals surface area (Å²) in [5.41, 5.74) is 0.879. The summed E-state index contributed by atoms with van der Waals surface area (Å²) >= 11 is 6.03. The fraction of sp³-hybridized carbons (Fsp3) is 0.385. The first kappa shape index (κ1) is 14.5. The Kier molecular flexibility index (Phi) is 4.04. The number of imide groups is 1. The highest BCUT2D eigenvalue weighted by molar-refractivity contribution is 6.34. The number of halogens is 1. The Bertz CT molecular complexity index is 588. The van der Waals surface area contributed by atoms with Crippen LogP contribution in [-0.2, 0) is 9.59 Å². The molecular weight excluding hydrogens is 282 g/mol. The number of pyridine rings is 1. The third kappa shape index (κ3) is 2.65. The van der Waals surface area contributed by atoms with Crippen LogP contribution in [0.25, 0.3) is 0 Å². The number of carbonyl (C=O) groups is 3. The first-order valence-corrected chi connectivity index (χ1v) is 6.58. The van der Waals surface area contributed by atoms with E-state index >= 15 is 0 Å². The molecular formula is C13H14ClN3O3. The second-order valence-corrected chi connectivity index (χ2v) is 4.98. The normalized spacial score (nSPS) is 18.9. The number of rotatable bonds is 2. The molecule has 3 amide bonds. The summed E-state index contributed by atoms with van der Waals surface area (Å²) in [5.74, 6) is -1.42. The van der Waals surface area contributed by atoms with Gasteiger partial charge in [0.15, 0.2) is 0 Å². The Morgan fingerprint density at radius 3 is 2.85 bits per heavy atom. The van der Waals surface area contributed by atoms with Crippen LogP contribution in [0.15, 0.2) is 12.3 Å². The van der Waals surface area contributed by atoms with E-state index in [0.717, 1.165) is 0 Å². The van der Waals surface area contributed by atoms with Gasteiger partial charge in [0.05, 0.1) is 10.6 Å². The van der Waals surface area contributed by atoms with Gasteiger partial charge in [-0.2, -0.15) is 0 Å². The van der Waals surface area contributed by atoms with Crippen LogP contribution in [0.3, 0.4) is 0 Å². The summed E-state index contributed by atoms with van der Waals surface area (Å²) < 4.78 is 0. The highest BCUT2D eigenvalue weighted by Crippen LogP contribution is 2.20. The van der Waals surface area contributed by atoms with E-state index in [1.807, 2.05) is 0 Å². The lowest BCUT2D eigenvalue weighted by molar-refractivity contribution is -0.138. The molecule has 0 saturated carbocycles.